The predicted molar refractivity (Wildman–Crippen MR) is 40.9 cm³/mol. The number of nitrogens with one attached hydrogen (secondary N) is 1. The molecule has 0 aliphatic carbocycles. The van der Waals surface area contributed by atoms with Crippen molar-refractivity contribution < 1.29 is 13.2 Å². The van der Waals surface area contributed by atoms with E-state index in [-0.39, 0.29) is 5.92 Å². The Kier molecular flexibility index (Phi) is 3.38. The molecule has 0 aromatic heterocycles. The van der Waals surface area contributed by atoms with Crippen LogP contribution >= 0.6 is 0 Å². The molecule has 1 N–H and O–H groups in total. The molecule has 0 bridgehead atoms. The molecule has 1 rings (SSSR count). The Morgan fingerprint density at radius 1 is 1.25 bits per heavy atom. The molecule has 0 radical (unpaired) electrons. The van der Waals surface area contributed by atoms with Crippen LogP contribution in [0, 0.1) is 5.92 Å². The summed E-state index contributed by atoms with van der Waals surface area (Å²) in [5, 5.41) is 3.02. The number of hydrogen-bond donors (Lipinski definition) is 1. The Morgan fingerprint density at radius 3 is 2.67 bits per heavy atom. The lowest BCUT2D eigenvalue weighted by molar-refractivity contribution is -0.144. The van der Waals surface area contributed by atoms with E-state index in [1.165, 1.54) is 0 Å². The van der Waals surface area contributed by atoms with Crippen LogP contribution in [0.1, 0.15) is 25.7 Å². The molecule has 1 saturated heterocycles. The highest BCUT2D eigenvalue weighted by Crippen LogP contribution is 2.27. The van der Waals surface area contributed by atoms with Crippen molar-refractivity contribution in [3.8, 4) is 0 Å². The Morgan fingerprint density at radius 2 is 2.00 bits per heavy atom. The lowest BCUT2D eigenvalue weighted by Crippen LogP contribution is -2.25. The zero-order valence-electron chi connectivity index (χ0n) is 6.95. The second kappa shape index (κ2) is 4.12. The van der Waals surface area contributed by atoms with Gasteiger partial charge in [0.25, 0.3) is 0 Å². The van der Waals surface area contributed by atoms with Gasteiger partial charge in [-0.05, 0) is 31.8 Å². The van der Waals surface area contributed by atoms with Gasteiger partial charge >= 0.3 is 6.18 Å². The van der Waals surface area contributed by atoms with E-state index in [2.05, 4.69) is 5.32 Å². The first-order chi connectivity index (χ1) is 5.58. The second-order valence-corrected chi connectivity index (χ2v) is 3.39. The summed E-state index contributed by atoms with van der Waals surface area (Å²) in [7, 11) is 0. The fourth-order valence-electron chi connectivity index (χ4n) is 1.59. The van der Waals surface area contributed by atoms with Crippen molar-refractivity contribution in [3.63, 3.8) is 0 Å². The topological polar surface area (TPSA) is 12.0 Å². The summed E-state index contributed by atoms with van der Waals surface area (Å²) in [5.41, 5.74) is 0. The predicted octanol–water partition coefficient (Wildman–Crippen LogP) is 2.33. The van der Waals surface area contributed by atoms with Crippen LogP contribution in [0.25, 0.3) is 0 Å². The van der Waals surface area contributed by atoms with Crippen molar-refractivity contribution in [2.24, 2.45) is 5.92 Å². The zero-order valence-corrected chi connectivity index (χ0v) is 6.95. The van der Waals surface area contributed by atoms with Crippen LogP contribution in [0.2, 0.25) is 0 Å². The van der Waals surface area contributed by atoms with Crippen LogP contribution in [-0.2, 0) is 0 Å². The van der Waals surface area contributed by atoms with Crippen molar-refractivity contribution in [2.75, 3.05) is 13.1 Å². The molecule has 0 aromatic carbocycles. The van der Waals surface area contributed by atoms with E-state index in [0.717, 1.165) is 19.4 Å². The summed E-state index contributed by atoms with van der Waals surface area (Å²) in [6, 6.07) is 0. The monoisotopic (exact) mass is 181 g/mol. The Balaban J connectivity index is 2.30. The molecule has 1 aliphatic rings. The first kappa shape index (κ1) is 9.84. The van der Waals surface area contributed by atoms with Gasteiger partial charge in [-0.2, -0.15) is 13.2 Å². The molecule has 0 spiro atoms. The minimum absolute atomic E-state index is 0.201. The third-order valence-electron chi connectivity index (χ3n) is 2.17. The summed E-state index contributed by atoms with van der Waals surface area (Å²) in [5.74, 6) is -0.201. The van der Waals surface area contributed by atoms with Crippen LogP contribution in [0.15, 0.2) is 0 Å². The van der Waals surface area contributed by atoms with Gasteiger partial charge in [0.1, 0.15) is 0 Å². The van der Waals surface area contributed by atoms with Gasteiger partial charge in [0.2, 0.25) is 0 Å². The van der Waals surface area contributed by atoms with E-state index in [1.54, 1.807) is 0 Å². The van der Waals surface area contributed by atoms with Gasteiger partial charge in [0.05, 0.1) is 0 Å². The SMILES string of the molecule is FC(F)(F)CC1CCCCNC1. The summed E-state index contributed by atoms with van der Waals surface area (Å²) < 4.78 is 35.8. The molecule has 0 amide bonds. The van der Waals surface area contributed by atoms with E-state index in [4.69, 9.17) is 0 Å². The summed E-state index contributed by atoms with van der Waals surface area (Å²) in [6.07, 6.45) is -1.97. The van der Waals surface area contributed by atoms with Crippen molar-refractivity contribution in [2.45, 2.75) is 31.9 Å². The molecule has 1 heterocycles. The van der Waals surface area contributed by atoms with Gasteiger partial charge in [-0.25, -0.2) is 0 Å². The maximum absolute atomic E-state index is 11.9. The van der Waals surface area contributed by atoms with Gasteiger partial charge in [-0.1, -0.05) is 6.42 Å². The van der Waals surface area contributed by atoms with Crippen molar-refractivity contribution in [1.29, 1.82) is 0 Å². The van der Waals surface area contributed by atoms with Gasteiger partial charge in [-0.15, -0.1) is 0 Å². The normalized spacial score (nSPS) is 26.8. The third-order valence-corrected chi connectivity index (χ3v) is 2.17. The lowest BCUT2D eigenvalue weighted by Gasteiger charge is -2.15. The summed E-state index contributed by atoms with van der Waals surface area (Å²) in [4.78, 5) is 0. The Labute approximate surface area is 70.3 Å². The molecule has 1 unspecified atom stereocenters. The van der Waals surface area contributed by atoms with Gasteiger partial charge < -0.3 is 5.32 Å². The summed E-state index contributed by atoms with van der Waals surface area (Å²) >= 11 is 0. The van der Waals surface area contributed by atoms with Crippen molar-refractivity contribution in [3.05, 3.63) is 0 Å². The molecule has 1 nitrogen and oxygen atoms in total. The van der Waals surface area contributed by atoms with E-state index >= 15 is 0 Å². The van der Waals surface area contributed by atoms with Gasteiger partial charge in [0.15, 0.2) is 0 Å². The molecule has 0 aromatic rings. The average Bonchev–Trinajstić information content (AvgIpc) is 2.12. The number of halogens is 3. The van der Waals surface area contributed by atoms with Crippen LogP contribution in [-0.4, -0.2) is 19.3 Å². The van der Waals surface area contributed by atoms with E-state index in [0.29, 0.717) is 13.0 Å². The molecular weight excluding hydrogens is 167 g/mol. The minimum atomic E-state index is -3.99. The van der Waals surface area contributed by atoms with E-state index in [1.807, 2.05) is 0 Å². The Bertz CT molecular complexity index is 125. The first-order valence-corrected chi connectivity index (χ1v) is 4.35. The Hall–Kier alpha value is -0.250. The highest BCUT2D eigenvalue weighted by Gasteiger charge is 2.31. The standard InChI is InChI=1S/C8H14F3N/c9-8(10,11)5-7-3-1-2-4-12-6-7/h7,12H,1-6H2. The summed E-state index contributed by atoms with van der Waals surface area (Å²) in [6.45, 7) is 1.40. The molecule has 0 saturated carbocycles. The fraction of sp³-hybridized carbons (Fsp3) is 1.00. The zero-order chi connectivity index (χ0) is 9.03. The molecule has 1 atom stereocenters. The fourth-order valence-corrected chi connectivity index (χ4v) is 1.59. The molecular formula is C8H14F3N. The second-order valence-electron chi connectivity index (χ2n) is 3.39. The van der Waals surface area contributed by atoms with E-state index < -0.39 is 12.6 Å². The molecule has 72 valence electrons. The van der Waals surface area contributed by atoms with Crippen molar-refractivity contribution in [1.82, 2.24) is 5.32 Å². The van der Waals surface area contributed by atoms with Crippen molar-refractivity contribution >= 4 is 0 Å². The van der Waals surface area contributed by atoms with Gasteiger partial charge in [0, 0.05) is 6.42 Å². The van der Waals surface area contributed by atoms with Crippen LogP contribution in [0.3, 0.4) is 0 Å². The maximum Gasteiger partial charge on any atom is 0.389 e. The highest BCUT2D eigenvalue weighted by molar-refractivity contribution is 4.70. The molecule has 1 fully saturated rings. The van der Waals surface area contributed by atoms with Crippen LogP contribution in [0.5, 0.6) is 0 Å². The number of hydrogen-bond acceptors (Lipinski definition) is 1. The largest absolute Gasteiger partial charge is 0.389 e. The average molecular weight is 181 g/mol. The first-order valence-electron chi connectivity index (χ1n) is 4.35. The van der Waals surface area contributed by atoms with E-state index in [9.17, 15) is 13.2 Å². The smallest absolute Gasteiger partial charge is 0.316 e. The number of rotatable bonds is 1. The molecule has 4 heteroatoms. The molecule has 12 heavy (non-hydrogen) atoms. The lowest BCUT2D eigenvalue weighted by atomic mass is 10.00. The highest BCUT2D eigenvalue weighted by atomic mass is 19.4. The maximum atomic E-state index is 11.9. The minimum Gasteiger partial charge on any atom is -0.316 e. The quantitative estimate of drug-likeness (QED) is 0.654. The third kappa shape index (κ3) is 3.95. The number of alkyl halides is 3. The van der Waals surface area contributed by atoms with Crippen LogP contribution < -0.4 is 5.32 Å². The molecule has 1 aliphatic heterocycles. The van der Waals surface area contributed by atoms with Crippen LogP contribution in [0.4, 0.5) is 13.2 Å². The van der Waals surface area contributed by atoms with Gasteiger partial charge in [-0.3, -0.25) is 0 Å².